The highest BCUT2D eigenvalue weighted by Crippen LogP contribution is 2.19. The Morgan fingerprint density at radius 3 is 2.41 bits per heavy atom. The van der Waals surface area contributed by atoms with Crippen LogP contribution in [-0.2, 0) is 6.54 Å². The fourth-order valence-corrected chi connectivity index (χ4v) is 2.34. The van der Waals surface area contributed by atoms with Gasteiger partial charge >= 0.3 is 6.18 Å². The number of likely N-dealkylation sites (N-methyl/N-ethyl adjacent to an activating group) is 1. The molecule has 0 aromatic heterocycles. The van der Waals surface area contributed by atoms with E-state index in [0.717, 1.165) is 30.9 Å². The highest BCUT2D eigenvalue weighted by Gasteiger charge is 2.26. The minimum atomic E-state index is -4.18. The fraction of sp³-hybridized carbons (Fsp3) is 0.611. The molecule has 0 spiro atoms. The van der Waals surface area contributed by atoms with E-state index in [0.29, 0.717) is 19.1 Å². The van der Waals surface area contributed by atoms with Crippen LogP contribution in [0.3, 0.4) is 0 Å². The molecule has 1 rings (SSSR count). The molecule has 0 amide bonds. The molecule has 1 aromatic rings. The van der Waals surface area contributed by atoms with Crippen molar-refractivity contribution in [3.05, 3.63) is 29.8 Å². The lowest BCUT2D eigenvalue weighted by molar-refractivity contribution is -0.132. The van der Waals surface area contributed by atoms with Gasteiger partial charge in [-0.2, -0.15) is 13.2 Å². The minimum absolute atomic E-state index is 0. The van der Waals surface area contributed by atoms with E-state index >= 15 is 0 Å². The predicted molar refractivity (Wildman–Crippen MR) is 114 cm³/mol. The van der Waals surface area contributed by atoms with Crippen LogP contribution in [0.4, 0.5) is 13.2 Å². The molecule has 27 heavy (non-hydrogen) atoms. The lowest BCUT2D eigenvalue weighted by Gasteiger charge is -2.19. The van der Waals surface area contributed by atoms with Crippen molar-refractivity contribution < 1.29 is 17.9 Å². The number of para-hydroxylation sites is 1. The molecule has 0 radical (unpaired) electrons. The van der Waals surface area contributed by atoms with Crippen molar-refractivity contribution in [3.63, 3.8) is 0 Å². The first-order valence-electron chi connectivity index (χ1n) is 8.84. The average Bonchev–Trinajstić information content (AvgIpc) is 2.61. The van der Waals surface area contributed by atoms with Crippen LogP contribution in [0.1, 0.15) is 25.8 Å². The second-order valence-corrected chi connectivity index (χ2v) is 5.70. The lowest BCUT2D eigenvalue weighted by atomic mass is 10.2. The number of halogens is 4. The van der Waals surface area contributed by atoms with Crippen LogP contribution in [0.15, 0.2) is 29.3 Å². The molecule has 0 saturated heterocycles. The fourth-order valence-electron chi connectivity index (χ4n) is 2.34. The number of hydrogen-bond acceptors (Lipinski definition) is 3. The molecule has 0 fully saturated rings. The number of rotatable bonds is 10. The van der Waals surface area contributed by atoms with Crippen molar-refractivity contribution in [1.82, 2.24) is 15.5 Å². The molecule has 0 aliphatic carbocycles. The van der Waals surface area contributed by atoms with Crippen molar-refractivity contribution in [1.29, 1.82) is 0 Å². The molecule has 0 atom stereocenters. The number of ether oxygens (including phenoxy) is 1. The average molecular weight is 502 g/mol. The van der Waals surface area contributed by atoms with Gasteiger partial charge in [0.25, 0.3) is 0 Å². The highest BCUT2D eigenvalue weighted by atomic mass is 127. The third-order valence-corrected chi connectivity index (χ3v) is 3.90. The Morgan fingerprint density at radius 1 is 1.15 bits per heavy atom. The van der Waals surface area contributed by atoms with Gasteiger partial charge < -0.3 is 20.3 Å². The summed E-state index contributed by atoms with van der Waals surface area (Å²) >= 11 is 0. The minimum Gasteiger partial charge on any atom is -0.492 e. The van der Waals surface area contributed by atoms with E-state index in [1.807, 2.05) is 24.3 Å². The summed E-state index contributed by atoms with van der Waals surface area (Å²) in [6.45, 7) is 7.79. The van der Waals surface area contributed by atoms with E-state index in [4.69, 9.17) is 4.74 Å². The zero-order chi connectivity index (χ0) is 19.4. The van der Waals surface area contributed by atoms with Crippen LogP contribution < -0.4 is 15.4 Å². The van der Waals surface area contributed by atoms with Crippen LogP contribution in [0.5, 0.6) is 5.75 Å². The Morgan fingerprint density at radius 2 is 1.81 bits per heavy atom. The van der Waals surface area contributed by atoms with Crippen molar-refractivity contribution in [2.24, 2.45) is 4.99 Å². The highest BCUT2D eigenvalue weighted by molar-refractivity contribution is 14.0. The SMILES string of the molecule is CCN(CC)CCOc1ccccc1CNC(=NC)NCCC(F)(F)F.I. The van der Waals surface area contributed by atoms with Gasteiger partial charge in [-0.25, -0.2) is 0 Å². The lowest BCUT2D eigenvalue weighted by Crippen LogP contribution is -2.38. The second-order valence-electron chi connectivity index (χ2n) is 5.70. The maximum atomic E-state index is 12.2. The molecule has 156 valence electrons. The van der Waals surface area contributed by atoms with Crippen molar-refractivity contribution >= 4 is 29.9 Å². The van der Waals surface area contributed by atoms with Gasteiger partial charge in [-0.3, -0.25) is 4.99 Å². The van der Waals surface area contributed by atoms with Gasteiger partial charge in [0, 0.05) is 32.2 Å². The third kappa shape index (κ3) is 11.3. The van der Waals surface area contributed by atoms with Crippen molar-refractivity contribution in [2.45, 2.75) is 33.0 Å². The Hall–Kier alpha value is -1.23. The predicted octanol–water partition coefficient (Wildman–Crippen LogP) is 3.64. The zero-order valence-corrected chi connectivity index (χ0v) is 18.4. The van der Waals surface area contributed by atoms with Gasteiger partial charge in [0.05, 0.1) is 6.42 Å². The number of guanidine groups is 1. The summed E-state index contributed by atoms with van der Waals surface area (Å²) in [5, 5.41) is 5.68. The van der Waals surface area contributed by atoms with E-state index in [1.165, 1.54) is 7.05 Å². The first kappa shape index (κ1) is 25.8. The normalized spacial score (nSPS) is 11.9. The van der Waals surface area contributed by atoms with Crippen LogP contribution in [-0.4, -0.2) is 56.9 Å². The summed E-state index contributed by atoms with van der Waals surface area (Å²) in [6.07, 6.45) is -5.09. The summed E-state index contributed by atoms with van der Waals surface area (Å²) in [5.74, 6) is 1.09. The molecule has 2 N–H and O–H groups in total. The van der Waals surface area contributed by atoms with Gasteiger partial charge in [-0.05, 0) is 19.2 Å². The molecule has 0 heterocycles. The quantitative estimate of drug-likeness (QED) is 0.292. The maximum absolute atomic E-state index is 12.2. The van der Waals surface area contributed by atoms with E-state index in [9.17, 15) is 13.2 Å². The number of hydrogen-bond donors (Lipinski definition) is 2. The van der Waals surface area contributed by atoms with E-state index in [2.05, 4.69) is 34.4 Å². The number of alkyl halides is 3. The molecule has 0 unspecified atom stereocenters. The van der Waals surface area contributed by atoms with Gasteiger partial charge in [-0.15, -0.1) is 24.0 Å². The Labute approximate surface area is 176 Å². The van der Waals surface area contributed by atoms with Gasteiger partial charge in [-0.1, -0.05) is 32.0 Å². The number of benzene rings is 1. The van der Waals surface area contributed by atoms with Gasteiger partial charge in [0.1, 0.15) is 12.4 Å². The molecular formula is C18H30F3IN4O. The maximum Gasteiger partial charge on any atom is 0.390 e. The van der Waals surface area contributed by atoms with Gasteiger partial charge in [0.2, 0.25) is 0 Å². The third-order valence-electron chi connectivity index (χ3n) is 3.90. The largest absolute Gasteiger partial charge is 0.492 e. The standard InChI is InChI=1S/C18H29F3N4O.HI/c1-4-25(5-2)12-13-26-16-9-7-6-8-15(16)14-24-17(22-3)23-11-10-18(19,20)21;/h6-9H,4-5,10-14H2,1-3H3,(H2,22,23,24);1H. The Bertz CT molecular complexity index is 552. The number of nitrogens with zero attached hydrogens (tertiary/aromatic N) is 2. The molecule has 5 nitrogen and oxygen atoms in total. The van der Waals surface area contributed by atoms with Crippen molar-refractivity contribution in [3.8, 4) is 5.75 Å². The monoisotopic (exact) mass is 502 g/mol. The molecule has 1 aromatic carbocycles. The van der Waals surface area contributed by atoms with Crippen LogP contribution >= 0.6 is 24.0 Å². The summed E-state index contributed by atoms with van der Waals surface area (Å²) in [7, 11) is 1.52. The van der Waals surface area contributed by atoms with Crippen LogP contribution in [0, 0.1) is 0 Å². The Kier molecular flexibility index (Phi) is 13.2. The van der Waals surface area contributed by atoms with E-state index < -0.39 is 12.6 Å². The van der Waals surface area contributed by atoms with E-state index in [-0.39, 0.29) is 30.5 Å². The summed E-state index contributed by atoms with van der Waals surface area (Å²) in [6, 6.07) is 7.60. The van der Waals surface area contributed by atoms with Crippen LogP contribution in [0.2, 0.25) is 0 Å². The zero-order valence-electron chi connectivity index (χ0n) is 16.1. The molecule has 0 aliphatic rings. The first-order valence-corrected chi connectivity index (χ1v) is 8.84. The van der Waals surface area contributed by atoms with Gasteiger partial charge in [0.15, 0.2) is 5.96 Å². The van der Waals surface area contributed by atoms with Crippen molar-refractivity contribution in [2.75, 3.05) is 39.8 Å². The number of aliphatic imine (C=N–C) groups is 1. The smallest absolute Gasteiger partial charge is 0.390 e. The van der Waals surface area contributed by atoms with E-state index in [1.54, 1.807) is 0 Å². The first-order chi connectivity index (χ1) is 12.4. The molecular weight excluding hydrogens is 472 g/mol. The number of nitrogens with one attached hydrogen (secondary N) is 2. The molecule has 9 heteroatoms. The second kappa shape index (κ2) is 13.9. The van der Waals surface area contributed by atoms with Crippen LogP contribution in [0.25, 0.3) is 0 Å². The molecule has 0 bridgehead atoms. The summed E-state index contributed by atoms with van der Waals surface area (Å²) in [4.78, 5) is 6.21. The topological polar surface area (TPSA) is 48.9 Å². The Balaban J connectivity index is 0.00000676. The summed E-state index contributed by atoms with van der Waals surface area (Å²) < 4.78 is 42.5. The molecule has 0 aliphatic heterocycles. The molecule has 0 saturated carbocycles. The summed E-state index contributed by atoms with van der Waals surface area (Å²) in [5.41, 5.74) is 0.922.